The second-order valence-corrected chi connectivity index (χ2v) is 8.75. The molecule has 1 saturated heterocycles. The average molecular weight is 448 g/mol. The van der Waals surface area contributed by atoms with Gasteiger partial charge in [-0.2, -0.15) is 0 Å². The van der Waals surface area contributed by atoms with Crippen LogP contribution in [0.2, 0.25) is 0 Å². The van der Waals surface area contributed by atoms with Gasteiger partial charge in [-0.25, -0.2) is 9.37 Å². The lowest BCUT2D eigenvalue weighted by Gasteiger charge is -2.33. The quantitative estimate of drug-likeness (QED) is 0.546. The Morgan fingerprint density at radius 3 is 2.88 bits per heavy atom. The van der Waals surface area contributed by atoms with Crippen molar-refractivity contribution in [2.45, 2.75) is 51.9 Å². The van der Waals surface area contributed by atoms with Crippen molar-refractivity contribution in [3.05, 3.63) is 77.3 Å². The molecule has 0 aliphatic carbocycles. The number of hydrogen-bond donors (Lipinski definition) is 1. The maximum atomic E-state index is 13.5. The van der Waals surface area contributed by atoms with Crippen LogP contribution in [0.4, 0.5) is 15.9 Å². The van der Waals surface area contributed by atoms with E-state index in [0.717, 1.165) is 54.9 Å². The fourth-order valence-corrected chi connectivity index (χ4v) is 4.40. The Morgan fingerprint density at radius 2 is 2.09 bits per heavy atom. The Bertz CT molecular complexity index is 1110. The molecule has 1 aliphatic heterocycles. The number of carbonyl (C=O) groups is 1. The fraction of sp³-hybridized carbons (Fsp3) is 0.385. The summed E-state index contributed by atoms with van der Waals surface area (Å²) in [6.45, 7) is 5.23. The first kappa shape index (κ1) is 22.8. The van der Waals surface area contributed by atoms with E-state index in [0.29, 0.717) is 24.3 Å². The maximum Gasteiger partial charge on any atom is 0.222 e. The molecular formula is C26H30FN5O. The lowest BCUT2D eigenvalue weighted by Crippen LogP contribution is -2.39. The second-order valence-electron chi connectivity index (χ2n) is 8.75. The van der Waals surface area contributed by atoms with Crippen molar-refractivity contribution in [1.29, 1.82) is 0 Å². The summed E-state index contributed by atoms with van der Waals surface area (Å²) in [6.07, 6.45) is 9.01. The molecule has 0 saturated carbocycles. The van der Waals surface area contributed by atoms with Crippen molar-refractivity contribution in [3.63, 3.8) is 0 Å². The summed E-state index contributed by atoms with van der Waals surface area (Å²) in [4.78, 5) is 28.0. The zero-order valence-electron chi connectivity index (χ0n) is 19.2. The van der Waals surface area contributed by atoms with Crippen LogP contribution in [0.15, 0.2) is 48.9 Å². The minimum absolute atomic E-state index is 0.184. The molecule has 1 N–H and O–H groups in total. The van der Waals surface area contributed by atoms with Gasteiger partial charge < -0.3 is 10.2 Å². The van der Waals surface area contributed by atoms with E-state index < -0.39 is 0 Å². The molecular weight excluding hydrogens is 417 g/mol. The van der Waals surface area contributed by atoms with E-state index in [1.54, 1.807) is 31.6 Å². The molecule has 0 radical (unpaired) electrons. The Labute approximate surface area is 194 Å². The van der Waals surface area contributed by atoms with E-state index in [1.807, 2.05) is 24.0 Å². The van der Waals surface area contributed by atoms with Crippen molar-refractivity contribution in [2.24, 2.45) is 0 Å². The van der Waals surface area contributed by atoms with Gasteiger partial charge in [0, 0.05) is 54.9 Å². The highest BCUT2D eigenvalue weighted by Crippen LogP contribution is 2.29. The van der Waals surface area contributed by atoms with E-state index >= 15 is 0 Å². The molecule has 7 heteroatoms. The Morgan fingerprint density at radius 1 is 1.21 bits per heavy atom. The zero-order valence-corrected chi connectivity index (χ0v) is 19.2. The highest BCUT2D eigenvalue weighted by Gasteiger charge is 2.25. The predicted octanol–water partition coefficient (Wildman–Crippen LogP) is 5.10. The number of nitrogens with zero attached hydrogens (tertiary/aromatic N) is 4. The highest BCUT2D eigenvalue weighted by molar-refractivity contribution is 5.76. The van der Waals surface area contributed by atoms with Gasteiger partial charge in [0.15, 0.2) is 0 Å². The number of likely N-dealkylation sites (tertiary alicyclic amines) is 1. The summed E-state index contributed by atoms with van der Waals surface area (Å²) < 4.78 is 13.5. The number of pyridine rings is 1. The Hall–Kier alpha value is -3.35. The number of anilines is 2. The molecule has 33 heavy (non-hydrogen) atoms. The summed E-state index contributed by atoms with van der Waals surface area (Å²) in [6, 6.07) is 9.22. The fourth-order valence-electron chi connectivity index (χ4n) is 4.40. The standard InChI is InChI=1S/C26H30FN5O/c1-18-13-20(8-9-23(18)27)5-3-7-26(33)32-12-4-6-21(17-32)24-15-22(14-19(2)30-24)31-25-16-28-10-11-29-25/h8-11,13-16,21H,3-7,12,17H2,1-2H3,(H,29,30,31)/t21-/m1/s1. The van der Waals surface area contributed by atoms with Gasteiger partial charge >= 0.3 is 0 Å². The summed E-state index contributed by atoms with van der Waals surface area (Å²) in [5.41, 5.74) is 4.58. The van der Waals surface area contributed by atoms with E-state index in [4.69, 9.17) is 4.98 Å². The highest BCUT2D eigenvalue weighted by atomic mass is 19.1. The molecule has 6 nitrogen and oxygen atoms in total. The molecule has 0 bridgehead atoms. The molecule has 1 fully saturated rings. The average Bonchev–Trinajstić information content (AvgIpc) is 2.82. The van der Waals surface area contributed by atoms with Crippen LogP contribution in [-0.4, -0.2) is 38.8 Å². The molecule has 172 valence electrons. The zero-order chi connectivity index (χ0) is 23.2. The third-order valence-corrected chi connectivity index (χ3v) is 6.08. The van der Waals surface area contributed by atoms with Crippen molar-refractivity contribution < 1.29 is 9.18 Å². The van der Waals surface area contributed by atoms with Gasteiger partial charge in [-0.3, -0.25) is 14.8 Å². The largest absolute Gasteiger partial charge is 0.342 e. The van der Waals surface area contributed by atoms with Gasteiger partial charge in [-0.05, 0) is 68.9 Å². The minimum atomic E-state index is -0.186. The smallest absolute Gasteiger partial charge is 0.222 e. The van der Waals surface area contributed by atoms with E-state index in [9.17, 15) is 9.18 Å². The predicted molar refractivity (Wildman–Crippen MR) is 127 cm³/mol. The molecule has 1 aromatic carbocycles. The van der Waals surface area contributed by atoms with Gasteiger partial charge in [-0.1, -0.05) is 12.1 Å². The first-order valence-corrected chi connectivity index (χ1v) is 11.5. The third kappa shape index (κ3) is 6.12. The van der Waals surface area contributed by atoms with E-state index in [2.05, 4.69) is 21.4 Å². The van der Waals surface area contributed by atoms with Crippen molar-refractivity contribution in [3.8, 4) is 0 Å². The number of aryl methyl sites for hydroxylation is 3. The van der Waals surface area contributed by atoms with E-state index in [-0.39, 0.29) is 17.6 Å². The van der Waals surface area contributed by atoms with Crippen LogP contribution >= 0.6 is 0 Å². The number of rotatable bonds is 7. The van der Waals surface area contributed by atoms with Crippen LogP contribution in [0, 0.1) is 19.7 Å². The number of nitrogens with one attached hydrogen (secondary N) is 1. The lowest BCUT2D eigenvalue weighted by molar-refractivity contribution is -0.132. The normalized spacial score (nSPS) is 16.0. The lowest BCUT2D eigenvalue weighted by atomic mass is 9.93. The Balaban J connectivity index is 1.35. The molecule has 4 rings (SSSR count). The number of piperidine rings is 1. The first-order valence-electron chi connectivity index (χ1n) is 11.5. The summed E-state index contributed by atoms with van der Waals surface area (Å²) in [5, 5.41) is 3.29. The SMILES string of the molecule is Cc1cc(Nc2cnccn2)cc([C@@H]2CCCN(C(=O)CCCc3ccc(F)c(C)c3)C2)n1. The molecule has 3 heterocycles. The monoisotopic (exact) mass is 447 g/mol. The number of amides is 1. The van der Waals surface area contributed by atoms with Crippen LogP contribution < -0.4 is 5.32 Å². The van der Waals surface area contributed by atoms with E-state index in [1.165, 1.54) is 6.07 Å². The van der Waals surface area contributed by atoms with Gasteiger partial charge in [0.1, 0.15) is 11.6 Å². The van der Waals surface area contributed by atoms with Gasteiger partial charge in [0.25, 0.3) is 0 Å². The third-order valence-electron chi connectivity index (χ3n) is 6.08. The van der Waals surface area contributed by atoms with Gasteiger partial charge in [0.05, 0.1) is 6.20 Å². The summed E-state index contributed by atoms with van der Waals surface area (Å²) in [7, 11) is 0. The van der Waals surface area contributed by atoms with Crippen LogP contribution in [0.5, 0.6) is 0 Å². The van der Waals surface area contributed by atoms with Crippen molar-refractivity contribution >= 4 is 17.4 Å². The Kier molecular flexibility index (Phi) is 7.27. The minimum Gasteiger partial charge on any atom is -0.342 e. The van der Waals surface area contributed by atoms with Gasteiger partial charge in [-0.15, -0.1) is 0 Å². The molecule has 1 atom stereocenters. The number of benzene rings is 1. The van der Waals surface area contributed by atoms with Crippen LogP contribution in [0.3, 0.4) is 0 Å². The first-order chi connectivity index (χ1) is 16.0. The van der Waals surface area contributed by atoms with Crippen LogP contribution in [-0.2, 0) is 11.2 Å². The maximum absolute atomic E-state index is 13.5. The number of hydrogen-bond acceptors (Lipinski definition) is 5. The number of aromatic nitrogens is 3. The number of halogens is 1. The molecule has 2 aromatic heterocycles. The van der Waals surface area contributed by atoms with Crippen LogP contribution in [0.25, 0.3) is 0 Å². The molecule has 0 spiro atoms. The molecule has 1 aliphatic rings. The number of carbonyl (C=O) groups excluding carboxylic acids is 1. The summed E-state index contributed by atoms with van der Waals surface area (Å²) in [5.74, 6) is 0.897. The van der Waals surface area contributed by atoms with Crippen LogP contribution in [0.1, 0.15) is 54.1 Å². The molecule has 1 amide bonds. The molecule has 3 aromatic rings. The van der Waals surface area contributed by atoms with Crippen molar-refractivity contribution in [1.82, 2.24) is 19.9 Å². The topological polar surface area (TPSA) is 71.0 Å². The summed E-state index contributed by atoms with van der Waals surface area (Å²) >= 11 is 0. The van der Waals surface area contributed by atoms with Crippen molar-refractivity contribution in [2.75, 3.05) is 18.4 Å². The van der Waals surface area contributed by atoms with Gasteiger partial charge in [0.2, 0.25) is 5.91 Å². The molecule has 0 unspecified atom stereocenters. The second kappa shape index (κ2) is 10.5.